The van der Waals surface area contributed by atoms with Crippen molar-refractivity contribution in [2.24, 2.45) is 29.6 Å². The summed E-state index contributed by atoms with van der Waals surface area (Å²) in [5, 5.41) is 0. The van der Waals surface area contributed by atoms with Crippen molar-refractivity contribution in [1.29, 1.82) is 0 Å². The summed E-state index contributed by atoms with van der Waals surface area (Å²) in [6, 6.07) is 7.28. The average molecular weight is 571 g/mol. The van der Waals surface area contributed by atoms with Crippen LogP contribution in [0.4, 0.5) is 26.3 Å². The van der Waals surface area contributed by atoms with E-state index in [2.05, 4.69) is 6.92 Å². The second-order valence-corrected chi connectivity index (χ2v) is 11.8. The van der Waals surface area contributed by atoms with Crippen molar-refractivity contribution in [2.45, 2.75) is 76.9 Å². The van der Waals surface area contributed by atoms with Gasteiger partial charge in [-0.3, -0.25) is 0 Å². The van der Waals surface area contributed by atoms with Gasteiger partial charge in [0.2, 0.25) is 0 Å². The molecular weight excluding hydrogens is 534 g/mol. The summed E-state index contributed by atoms with van der Waals surface area (Å²) in [6.07, 6.45) is -1.91. The molecule has 0 aromatic heterocycles. The molecule has 40 heavy (non-hydrogen) atoms. The summed E-state index contributed by atoms with van der Waals surface area (Å²) < 4.78 is 100. The molecule has 0 spiro atoms. The summed E-state index contributed by atoms with van der Waals surface area (Å²) in [6.45, 7) is 3.62. The number of hydrogen-bond acceptors (Lipinski definition) is 3. The van der Waals surface area contributed by atoms with Crippen LogP contribution in [0, 0.1) is 35.4 Å². The van der Waals surface area contributed by atoms with Crippen LogP contribution in [0.15, 0.2) is 42.5 Å². The lowest BCUT2D eigenvalue weighted by Crippen LogP contribution is -2.43. The van der Waals surface area contributed by atoms with Crippen molar-refractivity contribution in [3.8, 4) is 16.9 Å². The molecule has 9 heteroatoms. The third-order valence-electron chi connectivity index (χ3n) is 9.03. The molecule has 0 N–H and O–H groups in total. The van der Waals surface area contributed by atoms with E-state index in [9.17, 15) is 17.6 Å². The Labute approximate surface area is 231 Å². The van der Waals surface area contributed by atoms with Crippen molar-refractivity contribution in [2.75, 3.05) is 13.2 Å². The molecule has 1 heterocycles. The molecular formula is C31H36F6O3. The fourth-order valence-corrected chi connectivity index (χ4v) is 6.43. The Bertz CT molecular complexity index is 1110. The van der Waals surface area contributed by atoms with Crippen LogP contribution < -0.4 is 4.74 Å². The molecule has 0 atom stereocenters. The van der Waals surface area contributed by atoms with Gasteiger partial charge in [-0.15, -0.1) is 0 Å². The Morgan fingerprint density at radius 2 is 1.32 bits per heavy atom. The van der Waals surface area contributed by atoms with Gasteiger partial charge in [-0.2, -0.15) is 22.0 Å². The van der Waals surface area contributed by atoms with E-state index >= 15 is 8.78 Å². The van der Waals surface area contributed by atoms with Crippen molar-refractivity contribution in [1.82, 2.24) is 0 Å². The van der Waals surface area contributed by atoms with Crippen LogP contribution in [-0.4, -0.2) is 25.6 Å². The fourth-order valence-electron chi connectivity index (χ4n) is 6.43. The fraction of sp³-hybridized carbons (Fsp3) is 0.613. The van der Waals surface area contributed by atoms with Crippen LogP contribution in [0.25, 0.3) is 11.1 Å². The van der Waals surface area contributed by atoms with E-state index in [1.165, 1.54) is 37.8 Å². The van der Waals surface area contributed by atoms with Gasteiger partial charge < -0.3 is 14.2 Å². The molecule has 0 unspecified atom stereocenters. The molecule has 3 aliphatic rings. The lowest BCUT2D eigenvalue weighted by Gasteiger charge is -2.41. The monoisotopic (exact) mass is 570 g/mol. The van der Waals surface area contributed by atoms with Gasteiger partial charge in [0, 0.05) is 23.5 Å². The molecule has 220 valence electrons. The first-order valence-corrected chi connectivity index (χ1v) is 14.3. The second-order valence-electron chi connectivity index (χ2n) is 11.8. The van der Waals surface area contributed by atoms with Crippen molar-refractivity contribution >= 4 is 0 Å². The van der Waals surface area contributed by atoms with E-state index in [0.29, 0.717) is 37.9 Å². The van der Waals surface area contributed by atoms with Crippen LogP contribution in [0.3, 0.4) is 0 Å². The molecule has 0 radical (unpaired) electrons. The van der Waals surface area contributed by atoms with E-state index in [0.717, 1.165) is 36.2 Å². The predicted molar refractivity (Wildman–Crippen MR) is 138 cm³/mol. The van der Waals surface area contributed by atoms with E-state index in [4.69, 9.17) is 14.2 Å². The lowest BCUT2D eigenvalue weighted by atomic mass is 9.76. The lowest BCUT2D eigenvalue weighted by molar-refractivity contribution is -0.251. The summed E-state index contributed by atoms with van der Waals surface area (Å²) >= 11 is 0. The molecule has 2 aromatic rings. The molecule has 1 aliphatic heterocycles. The highest BCUT2D eigenvalue weighted by molar-refractivity contribution is 5.65. The number of ether oxygens (including phenoxy) is 3. The van der Waals surface area contributed by atoms with E-state index < -0.39 is 29.6 Å². The zero-order chi connectivity index (χ0) is 28.5. The number of hydrogen-bond donors (Lipinski definition) is 0. The van der Waals surface area contributed by atoms with Crippen LogP contribution in [0.1, 0.15) is 63.9 Å². The van der Waals surface area contributed by atoms with Crippen LogP contribution in [-0.2, 0) is 15.7 Å². The molecule has 2 saturated carbocycles. The first-order chi connectivity index (χ1) is 19.0. The minimum absolute atomic E-state index is 0.00216. The third kappa shape index (κ3) is 6.78. The molecule has 0 amide bonds. The second kappa shape index (κ2) is 11.9. The van der Waals surface area contributed by atoms with Crippen molar-refractivity contribution in [3.63, 3.8) is 0 Å². The number of halogens is 6. The number of benzene rings is 2. The van der Waals surface area contributed by atoms with Crippen LogP contribution in [0.2, 0.25) is 0 Å². The van der Waals surface area contributed by atoms with Gasteiger partial charge >= 0.3 is 12.3 Å². The van der Waals surface area contributed by atoms with Gasteiger partial charge in [0.05, 0.1) is 24.7 Å². The standard InChI is InChI=1S/C31H36F6O3/c1-19-2-4-20(5-3-19)23-17-38-29(39-18-23)22-8-12-25(13-9-22)31(36,37)40-26-14-15-27(28(32)16-26)21-6-10-24(11-7-21)30(33,34)35/h6-7,10-11,14-16,19-20,22-23,25,29H,2-5,8-9,12-13,17-18H2,1H3. The first kappa shape index (κ1) is 29.2. The van der Waals surface area contributed by atoms with Crippen LogP contribution >= 0.6 is 0 Å². The van der Waals surface area contributed by atoms with Crippen molar-refractivity contribution in [3.05, 3.63) is 53.8 Å². The maximum Gasteiger partial charge on any atom is 0.416 e. The topological polar surface area (TPSA) is 27.7 Å². The highest BCUT2D eigenvalue weighted by Crippen LogP contribution is 2.43. The highest BCUT2D eigenvalue weighted by Gasteiger charge is 2.46. The van der Waals surface area contributed by atoms with E-state index in [1.807, 2.05) is 0 Å². The molecule has 2 aromatic carbocycles. The minimum Gasteiger partial charge on any atom is -0.432 e. The van der Waals surface area contributed by atoms with E-state index in [-0.39, 0.29) is 41.9 Å². The number of alkyl halides is 5. The predicted octanol–water partition coefficient (Wildman–Crippen LogP) is 9.10. The Balaban J connectivity index is 1.12. The van der Waals surface area contributed by atoms with Gasteiger partial charge in [-0.1, -0.05) is 31.9 Å². The highest BCUT2D eigenvalue weighted by atomic mass is 19.4. The molecule has 5 rings (SSSR count). The van der Waals surface area contributed by atoms with Gasteiger partial charge in [0.1, 0.15) is 11.6 Å². The zero-order valence-electron chi connectivity index (χ0n) is 22.6. The quantitative estimate of drug-likeness (QED) is 0.324. The largest absolute Gasteiger partial charge is 0.432 e. The van der Waals surface area contributed by atoms with Gasteiger partial charge in [0.25, 0.3) is 0 Å². The third-order valence-corrected chi connectivity index (χ3v) is 9.03. The van der Waals surface area contributed by atoms with Crippen LogP contribution in [0.5, 0.6) is 5.75 Å². The Morgan fingerprint density at radius 3 is 1.90 bits per heavy atom. The molecule has 3 nitrogen and oxygen atoms in total. The maximum absolute atomic E-state index is 15.0. The summed E-state index contributed by atoms with van der Waals surface area (Å²) in [5.74, 6) is -0.326. The Morgan fingerprint density at radius 1 is 0.725 bits per heavy atom. The average Bonchev–Trinajstić information content (AvgIpc) is 2.93. The SMILES string of the molecule is CC1CCC(C2COC(C3CCC(C(F)(F)Oc4ccc(-c5ccc(C(F)(F)F)cc5)c(F)c4)CC3)OC2)CC1. The van der Waals surface area contributed by atoms with Gasteiger partial charge in [-0.05, 0) is 80.2 Å². The normalized spacial score (nSPS) is 30.2. The molecule has 2 aliphatic carbocycles. The van der Waals surface area contributed by atoms with Crippen molar-refractivity contribution < 1.29 is 40.6 Å². The molecule has 0 bridgehead atoms. The van der Waals surface area contributed by atoms with E-state index in [1.54, 1.807) is 0 Å². The number of rotatable bonds is 6. The summed E-state index contributed by atoms with van der Waals surface area (Å²) in [5.41, 5.74) is -0.655. The zero-order valence-corrected chi connectivity index (χ0v) is 22.6. The molecule has 1 saturated heterocycles. The Kier molecular flexibility index (Phi) is 8.72. The van der Waals surface area contributed by atoms with Gasteiger partial charge in [-0.25, -0.2) is 4.39 Å². The Hall–Kier alpha value is -2.26. The smallest absolute Gasteiger partial charge is 0.416 e. The summed E-state index contributed by atoms with van der Waals surface area (Å²) in [7, 11) is 0. The van der Waals surface area contributed by atoms with Gasteiger partial charge in [0.15, 0.2) is 6.29 Å². The minimum atomic E-state index is -4.51. The maximum atomic E-state index is 15.0. The first-order valence-electron chi connectivity index (χ1n) is 14.3. The summed E-state index contributed by atoms with van der Waals surface area (Å²) in [4.78, 5) is 0. The molecule has 3 fully saturated rings.